The minimum absolute atomic E-state index is 0.212. The number of aryl methyl sites for hydroxylation is 1. The summed E-state index contributed by atoms with van der Waals surface area (Å²) in [6.07, 6.45) is 0. The van der Waals surface area contributed by atoms with Crippen LogP contribution < -0.4 is 4.80 Å². The smallest absolute Gasteiger partial charge is 0.279 e. The van der Waals surface area contributed by atoms with E-state index in [0.29, 0.717) is 16.9 Å². The van der Waals surface area contributed by atoms with Gasteiger partial charge in [0.15, 0.2) is 14.6 Å². The molecule has 1 heterocycles. The van der Waals surface area contributed by atoms with E-state index in [4.69, 9.17) is 0 Å². The molecule has 27 heavy (non-hydrogen) atoms. The average molecular weight is 467 g/mol. The molecule has 0 saturated heterocycles. The van der Waals surface area contributed by atoms with E-state index in [9.17, 15) is 13.2 Å². The fourth-order valence-electron chi connectivity index (χ4n) is 2.68. The molecule has 0 aliphatic carbocycles. The van der Waals surface area contributed by atoms with Crippen molar-refractivity contribution in [3.63, 3.8) is 0 Å². The molecular formula is C19H19BrN2O3S2. The van der Waals surface area contributed by atoms with Gasteiger partial charge in [-0.3, -0.25) is 4.79 Å². The van der Waals surface area contributed by atoms with Crippen LogP contribution >= 0.6 is 27.3 Å². The summed E-state index contributed by atoms with van der Waals surface area (Å²) in [5.41, 5.74) is 1.37. The van der Waals surface area contributed by atoms with Gasteiger partial charge in [-0.05, 0) is 73.1 Å². The quantitative estimate of drug-likeness (QED) is 0.571. The van der Waals surface area contributed by atoms with Crippen LogP contribution in [0.4, 0.5) is 0 Å². The zero-order valence-corrected chi connectivity index (χ0v) is 18.4. The zero-order chi connectivity index (χ0) is 19.8. The van der Waals surface area contributed by atoms with E-state index in [2.05, 4.69) is 20.9 Å². The van der Waals surface area contributed by atoms with Crippen LogP contribution in [0.5, 0.6) is 0 Å². The molecule has 2 aromatic carbocycles. The summed E-state index contributed by atoms with van der Waals surface area (Å²) in [7, 11) is -3.36. The van der Waals surface area contributed by atoms with E-state index in [1.165, 1.54) is 35.6 Å². The van der Waals surface area contributed by atoms with Gasteiger partial charge in [-0.15, -0.1) is 0 Å². The van der Waals surface area contributed by atoms with Crippen molar-refractivity contribution in [2.45, 2.75) is 37.5 Å². The van der Waals surface area contributed by atoms with Gasteiger partial charge in [0, 0.05) is 16.6 Å². The molecule has 142 valence electrons. The molecule has 1 amide bonds. The Kier molecular flexibility index (Phi) is 5.69. The van der Waals surface area contributed by atoms with E-state index in [0.717, 1.165) is 14.7 Å². The van der Waals surface area contributed by atoms with Crippen LogP contribution in [0.3, 0.4) is 0 Å². The van der Waals surface area contributed by atoms with Crippen molar-refractivity contribution >= 4 is 53.2 Å². The van der Waals surface area contributed by atoms with Gasteiger partial charge < -0.3 is 4.57 Å². The van der Waals surface area contributed by atoms with Gasteiger partial charge in [0.25, 0.3) is 5.91 Å². The Morgan fingerprint density at radius 1 is 1.19 bits per heavy atom. The third-order valence-corrected chi connectivity index (χ3v) is 8.07. The van der Waals surface area contributed by atoms with Crippen LogP contribution in [-0.2, 0) is 16.4 Å². The lowest BCUT2D eigenvalue weighted by molar-refractivity contribution is 0.0997. The molecule has 0 radical (unpaired) electrons. The van der Waals surface area contributed by atoms with E-state index in [1.807, 2.05) is 29.7 Å². The highest BCUT2D eigenvalue weighted by atomic mass is 79.9. The monoisotopic (exact) mass is 466 g/mol. The molecule has 0 atom stereocenters. The predicted octanol–water partition coefficient (Wildman–Crippen LogP) is 4.41. The maximum Gasteiger partial charge on any atom is 0.279 e. The van der Waals surface area contributed by atoms with Gasteiger partial charge in [-0.2, -0.15) is 4.99 Å². The van der Waals surface area contributed by atoms with Crippen molar-refractivity contribution in [3.8, 4) is 0 Å². The second kappa shape index (κ2) is 7.69. The number of carbonyl (C=O) groups excluding carboxylic acids is 1. The average Bonchev–Trinajstić information content (AvgIpc) is 3.00. The Morgan fingerprint density at radius 2 is 1.85 bits per heavy atom. The van der Waals surface area contributed by atoms with Crippen LogP contribution in [0.2, 0.25) is 0 Å². The van der Waals surface area contributed by atoms with Gasteiger partial charge in [-0.25, -0.2) is 8.42 Å². The fraction of sp³-hybridized carbons (Fsp3) is 0.263. The first-order chi connectivity index (χ1) is 12.8. The fourth-order valence-corrected chi connectivity index (χ4v) is 5.57. The van der Waals surface area contributed by atoms with Gasteiger partial charge >= 0.3 is 0 Å². The van der Waals surface area contributed by atoms with Crippen LogP contribution in [0.25, 0.3) is 10.2 Å². The number of hydrogen-bond acceptors (Lipinski definition) is 4. The van der Waals surface area contributed by atoms with Crippen LogP contribution in [0, 0.1) is 0 Å². The zero-order valence-electron chi connectivity index (χ0n) is 15.1. The molecule has 0 bridgehead atoms. The van der Waals surface area contributed by atoms with Gasteiger partial charge in [-0.1, -0.05) is 17.4 Å². The summed E-state index contributed by atoms with van der Waals surface area (Å²) in [4.78, 5) is 17.7. The number of aromatic nitrogens is 1. The standard InChI is InChI=1S/C19H19BrN2O3S2/c1-4-22-17-15(20)6-5-7-16(17)26-19(22)21-18(23)13-8-10-14(11-9-13)27(24,25)12(2)3/h5-12H,4H2,1-3H3. The van der Waals surface area contributed by atoms with Gasteiger partial charge in [0.2, 0.25) is 0 Å². The van der Waals surface area contributed by atoms with E-state index >= 15 is 0 Å². The molecule has 0 spiro atoms. The number of amides is 1. The second-order valence-electron chi connectivity index (χ2n) is 6.25. The SMILES string of the molecule is CCn1c(=NC(=O)c2ccc(S(=O)(=O)C(C)C)cc2)sc2cccc(Br)c21. The summed E-state index contributed by atoms with van der Waals surface area (Å²) >= 11 is 5.00. The number of halogens is 1. The first kappa shape index (κ1) is 20.0. The molecule has 5 nitrogen and oxygen atoms in total. The largest absolute Gasteiger partial charge is 0.316 e. The van der Waals surface area contributed by atoms with Crippen molar-refractivity contribution in [2.24, 2.45) is 4.99 Å². The highest BCUT2D eigenvalue weighted by Crippen LogP contribution is 2.25. The highest BCUT2D eigenvalue weighted by Gasteiger charge is 2.19. The minimum atomic E-state index is -3.36. The van der Waals surface area contributed by atoms with Crippen molar-refractivity contribution in [1.29, 1.82) is 0 Å². The first-order valence-corrected chi connectivity index (χ1v) is 11.6. The van der Waals surface area contributed by atoms with Gasteiger partial charge in [0.05, 0.1) is 20.4 Å². The number of carbonyl (C=O) groups is 1. The maximum absolute atomic E-state index is 12.6. The molecule has 3 rings (SSSR count). The molecule has 8 heteroatoms. The summed E-state index contributed by atoms with van der Waals surface area (Å²) in [6, 6.07) is 11.9. The summed E-state index contributed by atoms with van der Waals surface area (Å²) in [6.45, 7) is 5.95. The third-order valence-electron chi connectivity index (χ3n) is 4.22. The number of benzene rings is 2. The van der Waals surface area contributed by atoms with Crippen LogP contribution in [-0.4, -0.2) is 24.1 Å². The lowest BCUT2D eigenvalue weighted by Crippen LogP contribution is -2.16. The Bertz CT molecular complexity index is 1170. The highest BCUT2D eigenvalue weighted by molar-refractivity contribution is 9.10. The maximum atomic E-state index is 12.6. The summed E-state index contributed by atoms with van der Waals surface area (Å²) < 4.78 is 28.4. The van der Waals surface area contributed by atoms with Crippen molar-refractivity contribution in [2.75, 3.05) is 0 Å². The molecule has 0 aliphatic rings. The van der Waals surface area contributed by atoms with Gasteiger partial charge in [0.1, 0.15) is 0 Å². The van der Waals surface area contributed by atoms with Crippen LogP contribution in [0.15, 0.2) is 56.8 Å². The molecule has 1 aromatic heterocycles. The van der Waals surface area contributed by atoms with Crippen molar-refractivity contribution in [3.05, 3.63) is 57.3 Å². The molecule has 0 fully saturated rings. The van der Waals surface area contributed by atoms with Crippen LogP contribution in [0.1, 0.15) is 31.1 Å². The third kappa shape index (κ3) is 3.79. The molecule has 0 N–H and O–H groups in total. The molecular weight excluding hydrogens is 448 g/mol. The Morgan fingerprint density at radius 3 is 2.44 bits per heavy atom. The van der Waals surface area contributed by atoms with E-state index in [1.54, 1.807) is 13.8 Å². The summed E-state index contributed by atoms with van der Waals surface area (Å²) in [5, 5.41) is -0.510. The number of sulfone groups is 1. The topological polar surface area (TPSA) is 68.5 Å². The molecule has 0 unspecified atom stereocenters. The Hall–Kier alpha value is -1.77. The lowest BCUT2D eigenvalue weighted by Gasteiger charge is -2.07. The molecule has 3 aromatic rings. The molecule has 0 saturated carbocycles. The van der Waals surface area contributed by atoms with E-state index < -0.39 is 21.0 Å². The Balaban J connectivity index is 2.03. The van der Waals surface area contributed by atoms with E-state index in [-0.39, 0.29) is 4.90 Å². The first-order valence-electron chi connectivity index (χ1n) is 8.46. The Labute approximate surface area is 170 Å². The van der Waals surface area contributed by atoms with Crippen molar-refractivity contribution in [1.82, 2.24) is 4.57 Å². The molecule has 0 aliphatic heterocycles. The predicted molar refractivity (Wildman–Crippen MR) is 112 cm³/mol. The second-order valence-corrected chi connectivity index (χ2v) is 10.6. The minimum Gasteiger partial charge on any atom is -0.316 e. The lowest BCUT2D eigenvalue weighted by atomic mass is 10.2. The normalized spacial score (nSPS) is 12.9. The number of fused-ring (bicyclic) bond motifs is 1. The number of hydrogen-bond donors (Lipinski definition) is 0. The number of nitrogens with zero attached hydrogens (tertiary/aromatic N) is 2. The number of rotatable bonds is 4. The van der Waals surface area contributed by atoms with Crippen molar-refractivity contribution < 1.29 is 13.2 Å². The number of para-hydroxylation sites is 1. The summed E-state index contributed by atoms with van der Waals surface area (Å²) in [5.74, 6) is -0.395. The number of thiazole rings is 1.